The zero-order valence-electron chi connectivity index (χ0n) is 13.8. The van der Waals surface area contributed by atoms with E-state index in [2.05, 4.69) is 11.0 Å². The molecule has 0 spiro atoms. The second-order valence-electron chi connectivity index (χ2n) is 5.49. The molecule has 1 aromatic carbocycles. The van der Waals surface area contributed by atoms with Crippen LogP contribution in [-0.4, -0.2) is 55.0 Å². The highest BCUT2D eigenvalue weighted by Crippen LogP contribution is 2.16. The fourth-order valence-corrected chi connectivity index (χ4v) is 2.80. The summed E-state index contributed by atoms with van der Waals surface area (Å²) < 4.78 is 30.2. The van der Waals surface area contributed by atoms with Gasteiger partial charge in [0.15, 0.2) is 5.82 Å². The minimum Gasteiger partial charge on any atom is -0.328 e. The van der Waals surface area contributed by atoms with Gasteiger partial charge in [-0.05, 0) is 25.0 Å². The summed E-state index contributed by atoms with van der Waals surface area (Å²) in [6, 6.07) is 9.75. The van der Waals surface area contributed by atoms with Gasteiger partial charge in [-0.25, -0.2) is 0 Å². The van der Waals surface area contributed by atoms with Crippen molar-refractivity contribution in [2.75, 3.05) is 31.4 Å². The van der Waals surface area contributed by atoms with E-state index in [1.807, 2.05) is 66.6 Å². The Balaban J connectivity index is 1.99. The average Bonchev–Trinajstić information content (AvgIpc) is 2.89. The van der Waals surface area contributed by atoms with E-state index in [4.69, 9.17) is 4.55 Å². The predicted molar refractivity (Wildman–Crippen MR) is 95.1 cm³/mol. The number of hydrogen-bond donors (Lipinski definition) is 1. The Bertz CT molecular complexity index is 740. The van der Waals surface area contributed by atoms with Gasteiger partial charge in [-0.1, -0.05) is 18.2 Å². The molecule has 0 fully saturated rings. The zero-order valence-corrected chi connectivity index (χ0v) is 14.6. The summed E-state index contributed by atoms with van der Waals surface area (Å²) in [6.45, 7) is 0.628. The van der Waals surface area contributed by atoms with E-state index in [0.29, 0.717) is 19.4 Å². The molecule has 0 saturated carbocycles. The molecule has 0 radical (unpaired) electrons. The molecule has 1 aliphatic heterocycles. The van der Waals surface area contributed by atoms with Crippen molar-refractivity contribution in [2.45, 2.75) is 12.8 Å². The number of hydrazone groups is 1. The van der Waals surface area contributed by atoms with Gasteiger partial charge in [0.05, 0.1) is 17.3 Å². The second kappa shape index (κ2) is 8.01. The van der Waals surface area contributed by atoms with Gasteiger partial charge in [0.2, 0.25) is 0 Å². The van der Waals surface area contributed by atoms with Crippen LogP contribution in [0.5, 0.6) is 0 Å². The van der Waals surface area contributed by atoms with Crippen LogP contribution in [0.1, 0.15) is 12.8 Å². The molecule has 0 saturated heterocycles. The van der Waals surface area contributed by atoms with E-state index in [0.717, 1.165) is 11.5 Å². The summed E-state index contributed by atoms with van der Waals surface area (Å²) in [7, 11) is -0.144. The average molecular weight is 350 g/mol. The van der Waals surface area contributed by atoms with Gasteiger partial charge in [-0.3, -0.25) is 9.56 Å². The van der Waals surface area contributed by atoms with Crippen molar-refractivity contribution in [1.82, 2.24) is 9.80 Å². The lowest BCUT2D eigenvalue weighted by molar-refractivity contribution is 0.392. The lowest BCUT2D eigenvalue weighted by atomic mass is 10.3. The Morgan fingerprint density at radius 1 is 1.21 bits per heavy atom. The molecule has 0 bridgehead atoms. The largest absolute Gasteiger partial charge is 0.328 e. The summed E-state index contributed by atoms with van der Waals surface area (Å²) in [4.78, 5) is 3.84. The normalized spacial score (nSPS) is 14.0. The number of unbranched alkanes of at least 4 members (excludes halogenated alkanes) is 1. The van der Waals surface area contributed by atoms with Crippen molar-refractivity contribution in [1.29, 1.82) is 0 Å². The van der Waals surface area contributed by atoms with E-state index in [-0.39, 0.29) is 5.75 Å². The molecular weight excluding hydrogens is 328 g/mol. The van der Waals surface area contributed by atoms with Crippen LogP contribution in [0.25, 0.3) is 0 Å². The molecule has 2 rings (SSSR count). The topological polar surface area (TPSA) is 76.5 Å². The zero-order chi connectivity index (χ0) is 17.6. The first-order chi connectivity index (χ1) is 11.4. The molecule has 8 heteroatoms. The van der Waals surface area contributed by atoms with Crippen molar-refractivity contribution >= 4 is 21.7 Å². The van der Waals surface area contributed by atoms with Gasteiger partial charge in [0.25, 0.3) is 10.1 Å². The van der Waals surface area contributed by atoms with Crippen LogP contribution in [0.15, 0.2) is 53.7 Å². The summed E-state index contributed by atoms with van der Waals surface area (Å²) >= 11 is 0. The lowest BCUT2D eigenvalue weighted by Crippen LogP contribution is -2.23. The van der Waals surface area contributed by atoms with Crippen molar-refractivity contribution in [3.8, 4) is 0 Å². The highest BCUT2D eigenvalue weighted by molar-refractivity contribution is 7.85. The second-order valence-corrected chi connectivity index (χ2v) is 7.06. The molecule has 24 heavy (non-hydrogen) atoms. The fraction of sp³-hybridized carbons (Fsp3) is 0.375. The first-order valence-electron chi connectivity index (χ1n) is 7.62. The number of benzene rings is 1. The van der Waals surface area contributed by atoms with E-state index < -0.39 is 10.1 Å². The summed E-state index contributed by atoms with van der Waals surface area (Å²) in [5, 5.41) is 6.06. The van der Waals surface area contributed by atoms with Gasteiger partial charge >= 0.3 is 0 Å². The van der Waals surface area contributed by atoms with E-state index in [9.17, 15) is 8.42 Å². The first-order valence-corrected chi connectivity index (χ1v) is 9.23. The molecule has 1 aliphatic rings. The maximum Gasteiger partial charge on any atom is 0.264 e. The van der Waals surface area contributed by atoms with Crippen molar-refractivity contribution in [2.24, 2.45) is 5.10 Å². The number of rotatable bonds is 7. The van der Waals surface area contributed by atoms with Crippen molar-refractivity contribution in [3.63, 3.8) is 0 Å². The van der Waals surface area contributed by atoms with E-state index in [1.54, 1.807) is 5.01 Å². The van der Waals surface area contributed by atoms with Crippen LogP contribution in [-0.2, 0) is 10.1 Å². The standard InChI is InChI=1S/C16H22N4O3S/c1-18-11-12-20(10-6-7-13-24(21,22)23)16(18)14-17-19(2)15-8-4-3-5-9-15/h3-5,8-9,11-12H,6-7,10,13H2,1-2H3,(H,21,22,23). The number of nitrogens with zero attached hydrogens (tertiary/aromatic N) is 4. The number of para-hydroxylation sites is 1. The minimum absolute atomic E-state index is 0.218. The highest BCUT2D eigenvalue weighted by atomic mass is 32.2. The van der Waals surface area contributed by atoms with Crippen LogP contribution >= 0.6 is 0 Å². The smallest absolute Gasteiger partial charge is 0.264 e. The third-order valence-corrected chi connectivity index (χ3v) is 4.36. The summed E-state index contributed by atoms with van der Waals surface area (Å²) in [6.07, 6.45) is 4.83. The van der Waals surface area contributed by atoms with E-state index in [1.165, 1.54) is 0 Å². The first kappa shape index (κ1) is 18.1. The van der Waals surface area contributed by atoms with Crippen molar-refractivity contribution in [3.05, 3.63) is 48.6 Å². The number of hydrogen-bond acceptors (Lipinski definition) is 6. The summed E-state index contributed by atoms with van der Waals surface area (Å²) in [5.41, 5.74) is 0.957. The SMILES string of the molecule is CN1C=CN(CCCCS(=O)(=O)O)C1=C=NN(C)c1ccccc1. The molecule has 1 heterocycles. The predicted octanol–water partition coefficient (Wildman–Crippen LogP) is 1.94. The quantitative estimate of drug-likeness (QED) is 0.350. The molecule has 0 unspecified atom stereocenters. The van der Waals surface area contributed by atoms with Crippen LogP contribution < -0.4 is 5.01 Å². The van der Waals surface area contributed by atoms with Crippen LogP contribution in [0, 0.1) is 0 Å². The van der Waals surface area contributed by atoms with Gasteiger partial charge < -0.3 is 9.80 Å². The number of anilines is 1. The summed E-state index contributed by atoms with van der Waals surface area (Å²) in [5.74, 6) is 3.59. The Morgan fingerprint density at radius 2 is 1.92 bits per heavy atom. The van der Waals surface area contributed by atoms with E-state index >= 15 is 0 Å². The Hall–Kier alpha value is -2.28. The molecule has 1 N–H and O–H groups in total. The molecule has 0 atom stereocenters. The Kier molecular flexibility index (Phi) is 6.03. The van der Waals surface area contributed by atoms with Crippen molar-refractivity contribution < 1.29 is 13.0 Å². The van der Waals surface area contributed by atoms with Crippen LogP contribution in [0.3, 0.4) is 0 Å². The van der Waals surface area contributed by atoms with Gasteiger partial charge in [-0.2, -0.15) is 8.42 Å². The maximum atomic E-state index is 10.7. The molecule has 0 aromatic heterocycles. The fourth-order valence-electron chi connectivity index (χ4n) is 2.24. The van der Waals surface area contributed by atoms with Gasteiger partial charge in [0.1, 0.15) is 0 Å². The third-order valence-electron chi connectivity index (χ3n) is 3.56. The third kappa shape index (κ3) is 5.42. The molecule has 7 nitrogen and oxygen atoms in total. The lowest BCUT2D eigenvalue weighted by Gasteiger charge is -2.19. The Labute approximate surface area is 142 Å². The minimum atomic E-state index is -3.89. The van der Waals surface area contributed by atoms with Crippen LogP contribution in [0.4, 0.5) is 5.69 Å². The monoisotopic (exact) mass is 350 g/mol. The molecular formula is C16H22N4O3S. The van der Waals surface area contributed by atoms with Gasteiger partial charge in [0, 0.05) is 33.0 Å². The Morgan fingerprint density at radius 3 is 2.58 bits per heavy atom. The maximum absolute atomic E-state index is 10.7. The highest BCUT2D eigenvalue weighted by Gasteiger charge is 2.16. The molecule has 1 aromatic rings. The molecule has 130 valence electrons. The van der Waals surface area contributed by atoms with Gasteiger partial charge in [-0.15, -0.1) is 5.10 Å². The molecule has 0 aliphatic carbocycles. The molecule has 0 amide bonds. The van der Waals surface area contributed by atoms with Crippen LogP contribution in [0.2, 0.25) is 0 Å².